The van der Waals surface area contributed by atoms with Crippen molar-refractivity contribution >= 4 is 18.0 Å². The maximum Gasteiger partial charge on any atom is 0.407 e. The van der Waals surface area contributed by atoms with Crippen LogP contribution in [0.25, 0.3) is 6.08 Å². The van der Waals surface area contributed by atoms with Crippen LogP contribution in [0, 0.1) is 12.7 Å². The van der Waals surface area contributed by atoms with Gasteiger partial charge in [-0.25, -0.2) is 14.2 Å². The quantitative estimate of drug-likeness (QED) is 0.893. The molecule has 1 atom stereocenters. The maximum absolute atomic E-state index is 13.9. The van der Waals surface area contributed by atoms with Gasteiger partial charge in [-0.1, -0.05) is 12.2 Å². The fourth-order valence-corrected chi connectivity index (χ4v) is 1.70. The Morgan fingerprint density at radius 1 is 1.55 bits per heavy atom. The Bertz CT molecular complexity index is 565. The largest absolute Gasteiger partial charge is 0.444 e. The number of amides is 1. The van der Waals surface area contributed by atoms with Crippen molar-refractivity contribution in [3.63, 3.8) is 0 Å². The van der Waals surface area contributed by atoms with Crippen molar-refractivity contribution < 1.29 is 13.9 Å². The second-order valence-corrected chi connectivity index (χ2v) is 6.22. The summed E-state index contributed by atoms with van der Waals surface area (Å²) in [6.07, 6.45) is 4.87. The predicted molar refractivity (Wildman–Crippen MR) is 85.8 cm³/mol. The summed E-state index contributed by atoms with van der Waals surface area (Å²) in [7, 11) is 0. The summed E-state index contributed by atoms with van der Waals surface area (Å²) >= 11 is 0. The Hall–Kier alpha value is -2.11. The van der Waals surface area contributed by atoms with Crippen LogP contribution >= 0.6 is 0 Å². The molecule has 0 bridgehead atoms. The minimum absolute atomic E-state index is 0.128. The van der Waals surface area contributed by atoms with Crippen molar-refractivity contribution in [2.75, 3.05) is 5.73 Å². The molecular weight excluding hydrogens is 285 g/mol. The molecule has 0 aliphatic carbocycles. The zero-order valence-corrected chi connectivity index (χ0v) is 13.7. The van der Waals surface area contributed by atoms with Crippen molar-refractivity contribution in [2.45, 2.75) is 52.7 Å². The number of alkyl carbamates (subject to hydrolysis) is 1. The number of nitrogens with one attached hydrogen (secondary N) is 1. The SMILES string of the molecule is Cc1c(N)ncc(/C=C/C[C@H](C)NC(=O)OC(C)(C)C)c1F. The van der Waals surface area contributed by atoms with Crippen molar-refractivity contribution in [1.29, 1.82) is 0 Å². The molecule has 0 unspecified atom stereocenters. The van der Waals surface area contributed by atoms with E-state index in [1.807, 2.05) is 6.92 Å². The van der Waals surface area contributed by atoms with E-state index in [1.165, 1.54) is 6.20 Å². The highest BCUT2D eigenvalue weighted by Gasteiger charge is 2.17. The Morgan fingerprint density at radius 3 is 2.77 bits per heavy atom. The number of hydrogen-bond donors (Lipinski definition) is 2. The van der Waals surface area contributed by atoms with Crippen LogP contribution in [0.3, 0.4) is 0 Å². The molecule has 1 heterocycles. The topological polar surface area (TPSA) is 77.2 Å². The smallest absolute Gasteiger partial charge is 0.407 e. The molecule has 0 aromatic carbocycles. The Kier molecular flexibility index (Phi) is 5.91. The second-order valence-electron chi connectivity index (χ2n) is 6.22. The maximum atomic E-state index is 13.9. The summed E-state index contributed by atoms with van der Waals surface area (Å²) in [6, 6.07) is -0.128. The summed E-state index contributed by atoms with van der Waals surface area (Å²) in [5.41, 5.74) is 5.71. The molecule has 0 fully saturated rings. The number of nitrogens with zero attached hydrogens (tertiary/aromatic N) is 1. The highest BCUT2D eigenvalue weighted by Crippen LogP contribution is 2.17. The number of hydrogen-bond acceptors (Lipinski definition) is 4. The minimum Gasteiger partial charge on any atom is -0.444 e. The van der Waals surface area contributed by atoms with Crippen molar-refractivity contribution in [3.8, 4) is 0 Å². The van der Waals surface area contributed by atoms with Gasteiger partial charge in [0.15, 0.2) is 0 Å². The monoisotopic (exact) mass is 309 g/mol. The number of nitrogen functional groups attached to an aromatic ring is 1. The van der Waals surface area contributed by atoms with Gasteiger partial charge >= 0.3 is 6.09 Å². The van der Waals surface area contributed by atoms with E-state index in [-0.39, 0.29) is 17.7 Å². The highest BCUT2D eigenvalue weighted by atomic mass is 19.1. The Morgan fingerprint density at radius 2 is 2.18 bits per heavy atom. The number of aromatic nitrogens is 1. The summed E-state index contributed by atoms with van der Waals surface area (Å²) < 4.78 is 19.1. The molecule has 0 radical (unpaired) electrons. The number of ether oxygens (including phenoxy) is 1. The summed E-state index contributed by atoms with van der Waals surface area (Å²) in [5.74, 6) is -0.189. The van der Waals surface area contributed by atoms with Gasteiger partial charge in [-0.3, -0.25) is 0 Å². The van der Waals surface area contributed by atoms with Gasteiger partial charge in [0, 0.05) is 23.4 Å². The van der Waals surface area contributed by atoms with Crippen LogP contribution in [0.1, 0.15) is 45.2 Å². The van der Waals surface area contributed by atoms with E-state index in [2.05, 4.69) is 10.3 Å². The molecule has 0 aliphatic heterocycles. The number of anilines is 1. The van der Waals surface area contributed by atoms with Gasteiger partial charge in [-0.15, -0.1) is 0 Å². The number of rotatable bonds is 4. The first-order valence-electron chi connectivity index (χ1n) is 7.17. The van der Waals surface area contributed by atoms with Crippen molar-refractivity contribution in [1.82, 2.24) is 10.3 Å². The fraction of sp³-hybridized carbons (Fsp3) is 0.500. The van der Waals surface area contributed by atoms with Crippen LogP contribution in [0.4, 0.5) is 15.0 Å². The van der Waals surface area contributed by atoms with E-state index in [1.54, 1.807) is 39.8 Å². The van der Waals surface area contributed by atoms with E-state index in [0.717, 1.165) is 0 Å². The standard InChI is InChI=1S/C16H24FN3O2/c1-10(20-15(21)22-16(3,4)5)7-6-8-12-9-19-14(18)11(2)13(12)17/h6,8-10H,7H2,1-5H3,(H2,18,19)(H,20,21)/b8-6+/t10-/m0/s1. The van der Waals surface area contributed by atoms with Crippen LogP contribution in [-0.2, 0) is 4.74 Å². The first-order chi connectivity index (χ1) is 10.1. The highest BCUT2D eigenvalue weighted by molar-refractivity contribution is 5.68. The van der Waals surface area contributed by atoms with Gasteiger partial charge in [-0.05, 0) is 41.0 Å². The Balaban J connectivity index is 2.56. The zero-order valence-electron chi connectivity index (χ0n) is 13.7. The molecule has 0 aliphatic rings. The Labute approximate surface area is 130 Å². The third kappa shape index (κ3) is 5.71. The van der Waals surface area contributed by atoms with Crippen molar-refractivity contribution in [3.05, 3.63) is 29.2 Å². The molecule has 22 heavy (non-hydrogen) atoms. The van der Waals surface area contributed by atoms with E-state index in [9.17, 15) is 9.18 Å². The van der Waals surface area contributed by atoms with E-state index in [4.69, 9.17) is 10.5 Å². The molecule has 5 nitrogen and oxygen atoms in total. The molecule has 1 aromatic heterocycles. The molecule has 3 N–H and O–H groups in total. The molecule has 122 valence electrons. The van der Waals surface area contributed by atoms with E-state index >= 15 is 0 Å². The third-order valence-corrected chi connectivity index (χ3v) is 2.86. The normalized spacial score (nSPS) is 13.2. The summed E-state index contributed by atoms with van der Waals surface area (Å²) in [5, 5.41) is 2.72. The molecule has 6 heteroatoms. The third-order valence-electron chi connectivity index (χ3n) is 2.86. The van der Waals surface area contributed by atoms with Gasteiger partial charge in [0.05, 0.1) is 0 Å². The molecule has 1 rings (SSSR count). The first kappa shape index (κ1) is 17.9. The van der Waals surface area contributed by atoms with Gasteiger partial charge in [0.2, 0.25) is 0 Å². The molecule has 0 saturated carbocycles. The number of pyridine rings is 1. The molecular formula is C16H24FN3O2. The minimum atomic E-state index is -0.532. The number of carbonyl (C=O) groups excluding carboxylic acids is 1. The molecule has 1 amide bonds. The number of nitrogens with two attached hydrogens (primary N) is 1. The van der Waals surface area contributed by atoms with Crippen molar-refractivity contribution in [2.24, 2.45) is 0 Å². The lowest BCUT2D eigenvalue weighted by Gasteiger charge is -2.21. The lowest BCUT2D eigenvalue weighted by Crippen LogP contribution is -2.37. The number of halogens is 1. The second kappa shape index (κ2) is 7.24. The van der Waals surface area contributed by atoms with E-state index in [0.29, 0.717) is 17.5 Å². The van der Waals surface area contributed by atoms with Gasteiger partial charge in [-0.2, -0.15) is 0 Å². The molecule has 1 aromatic rings. The molecule has 0 saturated heterocycles. The lowest BCUT2D eigenvalue weighted by molar-refractivity contribution is 0.0509. The van der Waals surface area contributed by atoms with Gasteiger partial charge in [0.1, 0.15) is 17.2 Å². The van der Waals surface area contributed by atoms with Crippen LogP contribution in [0.15, 0.2) is 12.3 Å². The van der Waals surface area contributed by atoms with Gasteiger partial charge < -0.3 is 15.8 Å². The summed E-state index contributed by atoms with van der Waals surface area (Å²) in [6.45, 7) is 8.84. The average molecular weight is 309 g/mol. The van der Waals surface area contributed by atoms with Crippen LogP contribution in [0.2, 0.25) is 0 Å². The zero-order chi connectivity index (χ0) is 16.9. The van der Waals surface area contributed by atoms with Crippen LogP contribution < -0.4 is 11.1 Å². The number of carbonyl (C=O) groups is 1. The molecule has 0 spiro atoms. The predicted octanol–water partition coefficient (Wildman–Crippen LogP) is 3.43. The van der Waals surface area contributed by atoms with Crippen LogP contribution in [-0.4, -0.2) is 22.7 Å². The lowest BCUT2D eigenvalue weighted by atomic mass is 10.1. The summed E-state index contributed by atoms with van der Waals surface area (Å²) in [4.78, 5) is 15.5. The van der Waals surface area contributed by atoms with Gasteiger partial charge in [0.25, 0.3) is 0 Å². The fourth-order valence-electron chi connectivity index (χ4n) is 1.70. The van der Waals surface area contributed by atoms with Crippen LogP contribution in [0.5, 0.6) is 0 Å². The first-order valence-corrected chi connectivity index (χ1v) is 7.17. The average Bonchev–Trinajstić information content (AvgIpc) is 2.36. The van der Waals surface area contributed by atoms with E-state index < -0.39 is 11.7 Å².